The van der Waals surface area contributed by atoms with E-state index in [0.29, 0.717) is 6.42 Å². The van der Waals surface area contributed by atoms with Gasteiger partial charge in [-0.25, -0.2) is 4.79 Å². The lowest BCUT2D eigenvalue weighted by molar-refractivity contribution is -0.151. The fraction of sp³-hybridized carbons (Fsp3) is 0.889. The van der Waals surface area contributed by atoms with E-state index in [9.17, 15) is 15.0 Å². The van der Waals surface area contributed by atoms with Crippen LogP contribution < -0.4 is 0 Å². The van der Waals surface area contributed by atoms with Crippen LogP contribution >= 0.6 is 0 Å². The summed E-state index contributed by atoms with van der Waals surface area (Å²) in [5.74, 6) is -1.88. The Hall–Kier alpha value is -0.610. The smallest absolute Gasteiger partial charge is 0.332 e. The molecule has 0 amide bonds. The van der Waals surface area contributed by atoms with Crippen molar-refractivity contribution in [2.24, 2.45) is 11.8 Å². The molecule has 0 saturated carbocycles. The minimum Gasteiger partial charge on any atom is -0.479 e. The molecule has 0 fully saturated rings. The van der Waals surface area contributed by atoms with Crippen molar-refractivity contribution < 1.29 is 20.1 Å². The van der Waals surface area contributed by atoms with E-state index in [1.807, 2.05) is 6.92 Å². The van der Waals surface area contributed by atoms with Gasteiger partial charge in [-0.2, -0.15) is 0 Å². The van der Waals surface area contributed by atoms with Crippen molar-refractivity contribution in [3.05, 3.63) is 0 Å². The maximum atomic E-state index is 10.4. The Morgan fingerprint density at radius 3 is 2.00 bits per heavy atom. The highest BCUT2D eigenvalue weighted by Crippen LogP contribution is 2.20. The minimum absolute atomic E-state index is 0.212. The Bertz CT molecular complexity index is 169. The van der Waals surface area contributed by atoms with Crippen LogP contribution in [0.2, 0.25) is 0 Å². The maximum Gasteiger partial charge on any atom is 0.332 e. The van der Waals surface area contributed by atoms with E-state index in [1.165, 1.54) is 0 Å². The van der Waals surface area contributed by atoms with Crippen molar-refractivity contribution in [1.82, 2.24) is 0 Å². The lowest BCUT2D eigenvalue weighted by Gasteiger charge is -2.26. The third kappa shape index (κ3) is 3.32. The van der Waals surface area contributed by atoms with Crippen molar-refractivity contribution in [3.63, 3.8) is 0 Å². The summed E-state index contributed by atoms with van der Waals surface area (Å²) < 4.78 is 0. The minimum atomic E-state index is -1.39. The van der Waals surface area contributed by atoms with E-state index < -0.39 is 24.1 Å². The number of hydrogen-bond donors (Lipinski definition) is 3. The van der Waals surface area contributed by atoms with E-state index in [-0.39, 0.29) is 5.92 Å². The second-order valence-electron chi connectivity index (χ2n) is 3.48. The molecule has 0 aliphatic carbocycles. The molecule has 0 bridgehead atoms. The van der Waals surface area contributed by atoms with Gasteiger partial charge in [0.25, 0.3) is 0 Å². The van der Waals surface area contributed by atoms with Gasteiger partial charge in [-0.1, -0.05) is 20.8 Å². The van der Waals surface area contributed by atoms with Crippen LogP contribution in [0.3, 0.4) is 0 Å². The summed E-state index contributed by atoms with van der Waals surface area (Å²) in [5.41, 5.74) is 0. The zero-order valence-corrected chi connectivity index (χ0v) is 8.27. The molecule has 0 aromatic rings. The number of rotatable bonds is 5. The highest BCUT2D eigenvalue weighted by Gasteiger charge is 2.29. The number of aliphatic hydroxyl groups is 2. The van der Waals surface area contributed by atoms with Crippen molar-refractivity contribution >= 4 is 5.97 Å². The predicted octanol–water partition coefficient (Wildman–Crippen LogP) is 0.475. The van der Waals surface area contributed by atoms with E-state index in [4.69, 9.17) is 5.11 Å². The van der Waals surface area contributed by atoms with Crippen molar-refractivity contribution in [2.45, 2.75) is 39.4 Å². The van der Waals surface area contributed by atoms with Gasteiger partial charge in [-0.3, -0.25) is 0 Å². The van der Waals surface area contributed by atoms with E-state index >= 15 is 0 Å². The Morgan fingerprint density at radius 2 is 1.69 bits per heavy atom. The Balaban J connectivity index is 4.24. The first-order chi connectivity index (χ1) is 5.91. The average molecular weight is 190 g/mol. The SMILES string of the molecule is CCC(O)C(C)C(C)C(O)C(=O)O. The second-order valence-corrected chi connectivity index (χ2v) is 3.48. The maximum absolute atomic E-state index is 10.4. The number of aliphatic hydroxyl groups excluding tert-OH is 2. The van der Waals surface area contributed by atoms with Gasteiger partial charge in [-0.15, -0.1) is 0 Å². The lowest BCUT2D eigenvalue weighted by atomic mass is 9.85. The van der Waals surface area contributed by atoms with Gasteiger partial charge in [0.05, 0.1) is 6.10 Å². The average Bonchev–Trinajstić information content (AvgIpc) is 2.12. The summed E-state index contributed by atoms with van der Waals surface area (Å²) in [4.78, 5) is 10.4. The van der Waals surface area contributed by atoms with Crippen LogP contribution in [-0.4, -0.2) is 33.5 Å². The standard InChI is InChI=1S/C9H18O4/c1-4-7(10)5(2)6(3)8(11)9(12)13/h5-8,10-11H,4H2,1-3H3,(H,12,13). The molecule has 0 aromatic heterocycles. The highest BCUT2D eigenvalue weighted by molar-refractivity contribution is 5.72. The Morgan fingerprint density at radius 1 is 1.23 bits per heavy atom. The van der Waals surface area contributed by atoms with Gasteiger partial charge >= 0.3 is 5.97 Å². The van der Waals surface area contributed by atoms with Crippen LogP contribution in [0.4, 0.5) is 0 Å². The van der Waals surface area contributed by atoms with Gasteiger partial charge in [0.2, 0.25) is 0 Å². The van der Waals surface area contributed by atoms with E-state index in [1.54, 1.807) is 13.8 Å². The van der Waals surface area contributed by atoms with E-state index in [2.05, 4.69) is 0 Å². The molecule has 13 heavy (non-hydrogen) atoms. The normalized spacial score (nSPS) is 20.4. The fourth-order valence-electron chi connectivity index (χ4n) is 1.23. The zero-order valence-electron chi connectivity index (χ0n) is 8.27. The number of carbonyl (C=O) groups is 1. The number of hydrogen-bond acceptors (Lipinski definition) is 3. The third-order valence-corrected chi connectivity index (χ3v) is 2.61. The van der Waals surface area contributed by atoms with Crippen LogP contribution in [0.5, 0.6) is 0 Å². The zero-order chi connectivity index (χ0) is 10.6. The Kier molecular flexibility index (Phi) is 4.95. The fourth-order valence-corrected chi connectivity index (χ4v) is 1.23. The molecule has 0 rings (SSSR count). The van der Waals surface area contributed by atoms with Gasteiger partial charge in [-0.05, 0) is 18.3 Å². The van der Waals surface area contributed by atoms with Gasteiger partial charge < -0.3 is 15.3 Å². The molecule has 0 saturated heterocycles. The first-order valence-corrected chi connectivity index (χ1v) is 4.50. The summed E-state index contributed by atoms with van der Waals surface area (Å²) in [6.45, 7) is 5.19. The summed E-state index contributed by atoms with van der Waals surface area (Å²) in [6.07, 6.45) is -1.38. The molecule has 0 aliphatic heterocycles. The molecular weight excluding hydrogens is 172 g/mol. The summed E-state index contributed by atoms with van der Waals surface area (Å²) in [6, 6.07) is 0. The van der Waals surface area contributed by atoms with Crippen LogP contribution in [-0.2, 0) is 4.79 Å². The molecule has 0 spiro atoms. The molecule has 3 N–H and O–H groups in total. The number of carboxylic acids is 1. The first kappa shape index (κ1) is 12.4. The third-order valence-electron chi connectivity index (χ3n) is 2.61. The van der Waals surface area contributed by atoms with Crippen molar-refractivity contribution in [2.75, 3.05) is 0 Å². The topological polar surface area (TPSA) is 77.8 Å². The van der Waals surface area contributed by atoms with E-state index in [0.717, 1.165) is 0 Å². The molecule has 0 heterocycles. The lowest BCUT2D eigenvalue weighted by Crippen LogP contribution is -2.36. The largest absolute Gasteiger partial charge is 0.479 e. The molecule has 4 nitrogen and oxygen atoms in total. The molecule has 0 radical (unpaired) electrons. The molecule has 4 unspecified atom stereocenters. The highest BCUT2D eigenvalue weighted by atomic mass is 16.4. The second kappa shape index (κ2) is 5.19. The van der Waals surface area contributed by atoms with Gasteiger partial charge in [0.15, 0.2) is 6.10 Å². The number of carboxylic acid groups (broad SMARTS) is 1. The van der Waals surface area contributed by atoms with Crippen molar-refractivity contribution in [3.8, 4) is 0 Å². The van der Waals surface area contributed by atoms with Crippen LogP contribution in [0.15, 0.2) is 0 Å². The molecule has 0 aliphatic rings. The van der Waals surface area contributed by atoms with Crippen molar-refractivity contribution in [1.29, 1.82) is 0 Å². The molecule has 0 aromatic carbocycles. The summed E-state index contributed by atoms with van der Waals surface area (Å²) in [7, 11) is 0. The van der Waals surface area contributed by atoms with Gasteiger partial charge in [0, 0.05) is 0 Å². The van der Waals surface area contributed by atoms with Gasteiger partial charge in [0.1, 0.15) is 0 Å². The quantitative estimate of drug-likeness (QED) is 0.589. The van der Waals surface area contributed by atoms with Crippen LogP contribution in [0.25, 0.3) is 0 Å². The van der Waals surface area contributed by atoms with Crippen LogP contribution in [0, 0.1) is 11.8 Å². The molecular formula is C9H18O4. The number of aliphatic carboxylic acids is 1. The first-order valence-electron chi connectivity index (χ1n) is 4.50. The predicted molar refractivity (Wildman–Crippen MR) is 48.3 cm³/mol. The molecule has 78 valence electrons. The molecule has 4 heteroatoms. The van der Waals surface area contributed by atoms with Crippen LogP contribution in [0.1, 0.15) is 27.2 Å². The summed E-state index contributed by atoms with van der Waals surface area (Å²) in [5, 5.41) is 27.1. The molecule has 4 atom stereocenters. The Labute approximate surface area is 78.2 Å². The summed E-state index contributed by atoms with van der Waals surface area (Å²) >= 11 is 0. The monoisotopic (exact) mass is 190 g/mol.